The monoisotopic (exact) mass is 319 g/mol. The lowest BCUT2D eigenvalue weighted by Crippen LogP contribution is -2.48. The molecule has 0 saturated carbocycles. The summed E-state index contributed by atoms with van der Waals surface area (Å²) in [4.78, 5) is 6.66. The van der Waals surface area contributed by atoms with Crippen LogP contribution in [0.25, 0.3) is 11.0 Å². The maximum absolute atomic E-state index is 10.5. The second-order valence-corrected chi connectivity index (χ2v) is 6.42. The number of rotatable bonds is 5. The molecule has 3 atom stereocenters. The van der Waals surface area contributed by atoms with E-state index in [0.717, 1.165) is 24.1 Å². The number of imidazole rings is 1. The second kappa shape index (κ2) is 6.97. The number of para-hydroxylation sites is 2. The van der Waals surface area contributed by atoms with Crippen LogP contribution in [0, 0.1) is 0 Å². The Balaban J connectivity index is 1.71. The minimum absolute atomic E-state index is 0.132. The van der Waals surface area contributed by atoms with Crippen LogP contribution in [0.1, 0.15) is 19.7 Å². The van der Waals surface area contributed by atoms with E-state index in [2.05, 4.69) is 23.7 Å². The van der Waals surface area contributed by atoms with E-state index in [1.807, 2.05) is 28.8 Å². The molecule has 1 aromatic carbocycles. The van der Waals surface area contributed by atoms with Crippen molar-refractivity contribution in [3.05, 3.63) is 30.1 Å². The minimum Gasteiger partial charge on any atom is -0.390 e. The third-order valence-electron chi connectivity index (χ3n) is 4.23. The highest BCUT2D eigenvalue weighted by Crippen LogP contribution is 2.17. The van der Waals surface area contributed by atoms with Crippen LogP contribution >= 0.6 is 0 Å². The van der Waals surface area contributed by atoms with Crippen LogP contribution in [0.2, 0.25) is 0 Å². The Bertz CT molecular complexity index is 648. The second-order valence-electron chi connectivity index (χ2n) is 6.42. The van der Waals surface area contributed by atoms with Gasteiger partial charge in [0.05, 0.1) is 35.9 Å². The summed E-state index contributed by atoms with van der Waals surface area (Å²) in [6.45, 7) is 6.67. The van der Waals surface area contributed by atoms with Crippen molar-refractivity contribution < 1.29 is 14.9 Å². The SMILES string of the molecule is C[C@@H]1CN(C[C@H](O)Cn2c(CO)nc3ccccc32)C[C@@H](C)O1. The summed E-state index contributed by atoms with van der Waals surface area (Å²) in [6.07, 6.45) is -0.142. The third kappa shape index (κ3) is 3.72. The molecule has 0 spiro atoms. The molecule has 1 aliphatic heterocycles. The summed E-state index contributed by atoms with van der Waals surface area (Å²) in [5.41, 5.74) is 1.79. The fourth-order valence-electron chi connectivity index (χ4n) is 3.45. The van der Waals surface area contributed by atoms with Crippen LogP contribution in [0.5, 0.6) is 0 Å². The number of aliphatic hydroxyl groups excluding tert-OH is 2. The predicted octanol–water partition coefficient (Wildman–Crippen LogP) is 0.999. The Kier molecular flexibility index (Phi) is 4.96. The van der Waals surface area contributed by atoms with Gasteiger partial charge in [0.25, 0.3) is 0 Å². The molecular formula is C17H25N3O3. The molecule has 1 fully saturated rings. The molecule has 0 radical (unpaired) electrons. The van der Waals surface area contributed by atoms with Gasteiger partial charge in [-0.2, -0.15) is 0 Å². The first-order valence-corrected chi connectivity index (χ1v) is 8.17. The van der Waals surface area contributed by atoms with Gasteiger partial charge >= 0.3 is 0 Å². The molecule has 1 aromatic heterocycles. The third-order valence-corrected chi connectivity index (χ3v) is 4.23. The summed E-state index contributed by atoms with van der Waals surface area (Å²) in [6, 6.07) is 7.75. The molecule has 126 valence electrons. The van der Waals surface area contributed by atoms with Crippen LogP contribution in [0.3, 0.4) is 0 Å². The molecule has 6 heteroatoms. The number of fused-ring (bicyclic) bond motifs is 1. The summed E-state index contributed by atoms with van der Waals surface area (Å²) < 4.78 is 7.64. The number of nitrogens with zero attached hydrogens (tertiary/aromatic N) is 3. The van der Waals surface area contributed by atoms with Gasteiger partial charge in [-0.25, -0.2) is 4.98 Å². The van der Waals surface area contributed by atoms with Crippen molar-refractivity contribution in [3.63, 3.8) is 0 Å². The Morgan fingerprint density at radius 3 is 2.61 bits per heavy atom. The van der Waals surface area contributed by atoms with Gasteiger partial charge in [0.15, 0.2) is 0 Å². The average molecular weight is 319 g/mol. The number of aromatic nitrogens is 2. The Morgan fingerprint density at radius 1 is 1.22 bits per heavy atom. The molecule has 2 N–H and O–H groups in total. The van der Waals surface area contributed by atoms with E-state index in [4.69, 9.17) is 4.74 Å². The Labute approximate surface area is 136 Å². The molecule has 0 bridgehead atoms. The van der Waals surface area contributed by atoms with E-state index in [0.29, 0.717) is 18.9 Å². The van der Waals surface area contributed by atoms with E-state index in [1.165, 1.54) is 0 Å². The van der Waals surface area contributed by atoms with Gasteiger partial charge in [-0.1, -0.05) is 12.1 Å². The molecule has 23 heavy (non-hydrogen) atoms. The van der Waals surface area contributed by atoms with E-state index in [1.54, 1.807) is 0 Å². The molecule has 2 heterocycles. The van der Waals surface area contributed by atoms with Crippen molar-refractivity contribution in [1.29, 1.82) is 0 Å². The fraction of sp³-hybridized carbons (Fsp3) is 0.588. The smallest absolute Gasteiger partial charge is 0.135 e. The van der Waals surface area contributed by atoms with Crippen molar-refractivity contribution in [2.24, 2.45) is 0 Å². The zero-order valence-corrected chi connectivity index (χ0v) is 13.7. The van der Waals surface area contributed by atoms with Crippen molar-refractivity contribution in [1.82, 2.24) is 14.5 Å². The van der Waals surface area contributed by atoms with E-state index >= 15 is 0 Å². The first-order valence-electron chi connectivity index (χ1n) is 8.17. The largest absolute Gasteiger partial charge is 0.390 e. The molecule has 1 aliphatic rings. The maximum atomic E-state index is 10.5. The van der Waals surface area contributed by atoms with Gasteiger partial charge in [-0.15, -0.1) is 0 Å². The lowest BCUT2D eigenvalue weighted by Gasteiger charge is -2.36. The summed E-state index contributed by atoms with van der Waals surface area (Å²) >= 11 is 0. The summed E-state index contributed by atoms with van der Waals surface area (Å²) in [5.74, 6) is 0.592. The van der Waals surface area contributed by atoms with Crippen LogP contribution in [-0.2, 0) is 17.9 Å². The van der Waals surface area contributed by atoms with Gasteiger partial charge in [-0.3, -0.25) is 4.90 Å². The van der Waals surface area contributed by atoms with E-state index in [-0.39, 0.29) is 18.8 Å². The topological polar surface area (TPSA) is 70.8 Å². The lowest BCUT2D eigenvalue weighted by atomic mass is 10.2. The Hall–Kier alpha value is -1.47. The van der Waals surface area contributed by atoms with Gasteiger partial charge in [0, 0.05) is 19.6 Å². The van der Waals surface area contributed by atoms with Crippen LogP contribution in [0.4, 0.5) is 0 Å². The number of aliphatic hydroxyl groups is 2. The molecule has 6 nitrogen and oxygen atoms in total. The quantitative estimate of drug-likeness (QED) is 0.860. The first kappa shape index (κ1) is 16.4. The van der Waals surface area contributed by atoms with E-state index < -0.39 is 6.10 Å². The maximum Gasteiger partial charge on any atom is 0.135 e. The molecule has 3 rings (SSSR count). The van der Waals surface area contributed by atoms with Crippen molar-refractivity contribution >= 4 is 11.0 Å². The van der Waals surface area contributed by atoms with Crippen LogP contribution in [0.15, 0.2) is 24.3 Å². The number of morpholine rings is 1. The molecule has 0 aliphatic carbocycles. The number of hydrogen-bond donors (Lipinski definition) is 2. The normalized spacial score (nSPS) is 24.2. The zero-order chi connectivity index (χ0) is 16.4. The fourth-order valence-corrected chi connectivity index (χ4v) is 3.45. The standard InChI is InChI=1S/C17H25N3O3/c1-12-7-19(8-13(2)23-12)9-14(22)10-20-16-6-4-3-5-15(16)18-17(20)11-21/h3-6,12-14,21-22H,7-11H2,1-2H3/t12-,13-,14+/m1/s1. The molecule has 1 saturated heterocycles. The van der Waals surface area contributed by atoms with Crippen molar-refractivity contribution in [2.75, 3.05) is 19.6 Å². The van der Waals surface area contributed by atoms with Crippen molar-refractivity contribution in [3.8, 4) is 0 Å². The highest BCUT2D eigenvalue weighted by atomic mass is 16.5. The molecular weight excluding hydrogens is 294 g/mol. The predicted molar refractivity (Wildman–Crippen MR) is 88.1 cm³/mol. The molecule has 0 amide bonds. The molecule has 2 aromatic rings. The van der Waals surface area contributed by atoms with E-state index in [9.17, 15) is 10.2 Å². The summed E-state index contributed by atoms with van der Waals surface area (Å²) in [7, 11) is 0. The highest BCUT2D eigenvalue weighted by Gasteiger charge is 2.24. The number of hydrogen-bond acceptors (Lipinski definition) is 5. The van der Waals surface area contributed by atoms with Gasteiger partial charge in [0.2, 0.25) is 0 Å². The van der Waals surface area contributed by atoms with Crippen molar-refractivity contribution in [2.45, 2.75) is 45.3 Å². The summed E-state index contributed by atoms with van der Waals surface area (Å²) in [5, 5.41) is 20.0. The van der Waals surface area contributed by atoms with Crippen LogP contribution in [-0.4, -0.2) is 62.6 Å². The first-order chi connectivity index (χ1) is 11.1. The highest BCUT2D eigenvalue weighted by molar-refractivity contribution is 5.75. The van der Waals surface area contributed by atoms with Gasteiger partial charge in [-0.05, 0) is 26.0 Å². The Morgan fingerprint density at radius 2 is 1.91 bits per heavy atom. The van der Waals surface area contributed by atoms with Gasteiger partial charge < -0.3 is 19.5 Å². The van der Waals surface area contributed by atoms with Crippen LogP contribution < -0.4 is 0 Å². The van der Waals surface area contributed by atoms with Gasteiger partial charge in [0.1, 0.15) is 12.4 Å². The number of β-amino-alcohol motifs (C(OH)–C–C–N with tert-alkyl or cyclic N) is 1. The number of ether oxygens (including phenoxy) is 1. The molecule has 0 unspecified atom stereocenters. The average Bonchev–Trinajstić information content (AvgIpc) is 2.84. The lowest BCUT2D eigenvalue weighted by molar-refractivity contribution is -0.0772. The minimum atomic E-state index is -0.518. The zero-order valence-electron chi connectivity index (χ0n) is 13.7. The number of benzene rings is 1.